The fraction of sp³-hybridized carbons (Fsp3) is 0.286. The van der Waals surface area contributed by atoms with Gasteiger partial charge in [-0.3, -0.25) is 4.79 Å². The molecule has 4 nitrogen and oxygen atoms in total. The van der Waals surface area contributed by atoms with Crippen molar-refractivity contribution in [1.82, 2.24) is 10.4 Å². The third kappa shape index (κ3) is 2.97. The highest BCUT2D eigenvalue weighted by molar-refractivity contribution is 5.99. The van der Waals surface area contributed by atoms with Gasteiger partial charge >= 0.3 is 0 Å². The summed E-state index contributed by atoms with van der Waals surface area (Å²) >= 11 is 0. The standard InChI is InChI=1S/C14H17N3O/c1-2-3-8-14(18)17-16-10-11-9-15-13-7-5-4-6-12(11)13/h4-7,9-10,15H,2-3,8H2,1H3,(H,17,18). The van der Waals surface area contributed by atoms with Gasteiger partial charge in [0.15, 0.2) is 0 Å². The van der Waals surface area contributed by atoms with E-state index in [4.69, 9.17) is 0 Å². The Hall–Kier alpha value is -2.10. The van der Waals surface area contributed by atoms with E-state index in [9.17, 15) is 4.79 Å². The fourth-order valence-corrected chi connectivity index (χ4v) is 1.77. The van der Waals surface area contributed by atoms with Gasteiger partial charge in [0.25, 0.3) is 0 Å². The molecule has 94 valence electrons. The summed E-state index contributed by atoms with van der Waals surface area (Å²) in [5.74, 6) is -0.0343. The summed E-state index contributed by atoms with van der Waals surface area (Å²) in [4.78, 5) is 14.5. The molecule has 0 aliphatic rings. The van der Waals surface area contributed by atoms with E-state index in [1.54, 1.807) is 6.21 Å². The van der Waals surface area contributed by atoms with Crippen LogP contribution < -0.4 is 5.43 Å². The Labute approximate surface area is 106 Å². The number of fused-ring (bicyclic) bond motifs is 1. The monoisotopic (exact) mass is 243 g/mol. The van der Waals surface area contributed by atoms with Gasteiger partial charge in [0, 0.05) is 29.1 Å². The molecule has 0 unspecified atom stereocenters. The summed E-state index contributed by atoms with van der Waals surface area (Å²) in [6.45, 7) is 2.06. The summed E-state index contributed by atoms with van der Waals surface area (Å²) in [5, 5.41) is 5.07. The smallest absolute Gasteiger partial charge is 0.240 e. The number of rotatable bonds is 5. The lowest BCUT2D eigenvalue weighted by Crippen LogP contribution is -2.16. The van der Waals surface area contributed by atoms with Crippen LogP contribution in [0.5, 0.6) is 0 Å². The number of nitrogens with one attached hydrogen (secondary N) is 2. The number of para-hydroxylation sites is 1. The van der Waals surface area contributed by atoms with E-state index >= 15 is 0 Å². The van der Waals surface area contributed by atoms with Gasteiger partial charge in [0.1, 0.15) is 0 Å². The molecule has 1 aromatic carbocycles. The second-order valence-corrected chi connectivity index (χ2v) is 4.19. The van der Waals surface area contributed by atoms with E-state index in [0.717, 1.165) is 29.3 Å². The minimum Gasteiger partial charge on any atom is -0.361 e. The van der Waals surface area contributed by atoms with Gasteiger partial charge in [-0.05, 0) is 12.5 Å². The van der Waals surface area contributed by atoms with Crippen LogP contribution in [0.3, 0.4) is 0 Å². The molecule has 0 saturated heterocycles. The first-order valence-corrected chi connectivity index (χ1v) is 6.19. The van der Waals surface area contributed by atoms with E-state index in [1.807, 2.05) is 30.5 Å². The number of nitrogens with zero attached hydrogens (tertiary/aromatic N) is 1. The highest BCUT2D eigenvalue weighted by atomic mass is 16.2. The van der Waals surface area contributed by atoms with Crippen LogP contribution in [-0.4, -0.2) is 17.1 Å². The molecular formula is C14H17N3O. The van der Waals surface area contributed by atoms with Crippen LogP contribution in [0.4, 0.5) is 0 Å². The number of hydrogen-bond donors (Lipinski definition) is 2. The van der Waals surface area contributed by atoms with E-state index in [2.05, 4.69) is 22.4 Å². The third-order valence-electron chi connectivity index (χ3n) is 2.77. The minimum absolute atomic E-state index is 0.0343. The van der Waals surface area contributed by atoms with E-state index in [-0.39, 0.29) is 5.91 Å². The maximum Gasteiger partial charge on any atom is 0.240 e. The van der Waals surface area contributed by atoms with Gasteiger partial charge in [-0.2, -0.15) is 5.10 Å². The Morgan fingerprint density at radius 2 is 2.28 bits per heavy atom. The molecule has 0 fully saturated rings. The van der Waals surface area contributed by atoms with Gasteiger partial charge in [0.05, 0.1) is 6.21 Å². The fourth-order valence-electron chi connectivity index (χ4n) is 1.77. The predicted molar refractivity (Wildman–Crippen MR) is 73.6 cm³/mol. The number of carbonyl (C=O) groups is 1. The van der Waals surface area contributed by atoms with Crippen LogP contribution in [0.25, 0.3) is 10.9 Å². The number of carbonyl (C=O) groups excluding carboxylic acids is 1. The largest absolute Gasteiger partial charge is 0.361 e. The highest BCUT2D eigenvalue weighted by Gasteiger charge is 2.00. The normalized spacial score (nSPS) is 11.2. The van der Waals surface area contributed by atoms with E-state index in [0.29, 0.717) is 6.42 Å². The Balaban J connectivity index is 1.99. The topological polar surface area (TPSA) is 57.2 Å². The SMILES string of the molecule is CCCCC(=O)NN=Cc1c[nH]c2ccccc12. The Bertz CT molecular complexity index is 557. The molecule has 4 heteroatoms. The van der Waals surface area contributed by atoms with Crippen LogP contribution in [0.15, 0.2) is 35.6 Å². The van der Waals surface area contributed by atoms with Crippen molar-refractivity contribution >= 4 is 23.0 Å². The maximum absolute atomic E-state index is 11.4. The molecule has 2 N–H and O–H groups in total. The lowest BCUT2D eigenvalue weighted by atomic mass is 10.2. The van der Waals surface area contributed by atoms with Crippen molar-refractivity contribution in [2.45, 2.75) is 26.2 Å². The molecule has 0 bridgehead atoms. The van der Waals surface area contributed by atoms with Crippen LogP contribution >= 0.6 is 0 Å². The first kappa shape index (κ1) is 12.4. The average Bonchev–Trinajstić information content (AvgIpc) is 2.80. The molecule has 0 aliphatic carbocycles. The molecule has 1 heterocycles. The Morgan fingerprint density at radius 1 is 1.44 bits per heavy atom. The van der Waals surface area contributed by atoms with E-state index < -0.39 is 0 Å². The van der Waals surface area contributed by atoms with Crippen molar-refractivity contribution in [3.8, 4) is 0 Å². The second-order valence-electron chi connectivity index (χ2n) is 4.19. The lowest BCUT2D eigenvalue weighted by molar-refractivity contribution is -0.121. The van der Waals surface area contributed by atoms with E-state index in [1.165, 1.54) is 0 Å². The van der Waals surface area contributed by atoms with Crippen molar-refractivity contribution in [3.63, 3.8) is 0 Å². The van der Waals surface area contributed by atoms with Gasteiger partial charge in [-0.15, -0.1) is 0 Å². The average molecular weight is 243 g/mol. The van der Waals surface area contributed by atoms with Crippen molar-refractivity contribution in [3.05, 3.63) is 36.0 Å². The minimum atomic E-state index is -0.0343. The van der Waals surface area contributed by atoms with Crippen molar-refractivity contribution in [2.75, 3.05) is 0 Å². The molecule has 2 aromatic rings. The Kier molecular flexibility index (Phi) is 4.12. The quantitative estimate of drug-likeness (QED) is 0.615. The second kappa shape index (κ2) is 6.00. The molecule has 2 rings (SSSR count). The van der Waals surface area contributed by atoms with Crippen molar-refractivity contribution in [1.29, 1.82) is 0 Å². The van der Waals surface area contributed by atoms with Gasteiger partial charge < -0.3 is 4.98 Å². The molecule has 0 aliphatic heterocycles. The maximum atomic E-state index is 11.4. The zero-order valence-corrected chi connectivity index (χ0v) is 10.4. The molecular weight excluding hydrogens is 226 g/mol. The van der Waals surface area contributed by atoms with Crippen LogP contribution in [-0.2, 0) is 4.79 Å². The zero-order chi connectivity index (χ0) is 12.8. The van der Waals surface area contributed by atoms with Crippen molar-refractivity contribution in [2.24, 2.45) is 5.10 Å². The molecule has 18 heavy (non-hydrogen) atoms. The summed E-state index contributed by atoms with van der Waals surface area (Å²) < 4.78 is 0. The number of hydrogen-bond acceptors (Lipinski definition) is 2. The third-order valence-corrected chi connectivity index (χ3v) is 2.77. The molecule has 1 aromatic heterocycles. The molecule has 0 radical (unpaired) electrons. The summed E-state index contributed by atoms with van der Waals surface area (Å²) in [6, 6.07) is 7.98. The first-order valence-electron chi connectivity index (χ1n) is 6.19. The predicted octanol–water partition coefficient (Wildman–Crippen LogP) is 2.81. The zero-order valence-electron chi connectivity index (χ0n) is 10.4. The van der Waals surface area contributed by atoms with Crippen LogP contribution in [0, 0.1) is 0 Å². The molecule has 0 spiro atoms. The number of amides is 1. The molecule has 1 amide bonds. The number of aromatic amines is 1. The number of hydrazone groups is 1. The summed E-state index contributed by atoms with van der Waals surface area (Å²) in [6.07, 6.45) is 5.99. The molecule has 0 atom stereocenters. The molecule has 0 saturated carbocycles. The number of unbranched alkanes of at least 4 members (excludes halogenated alkanes) is 1. The number of aromatic nitrogens is 1. The van der Waals surface area contributed by atoms with Crippen LogP contribution in [0.2, 0.25) is 0 Å². The number of H-pyrrole nitrogens is 1. The van der Waals surface area contributed by atoms with Crippen LogP contribution in [0.1, 0.15) is 31.7 Å². The number of benzene rings is 1. The van der Waals surface area contributed by atoms with Crippen molar-refractivity contribution < 1.29 is 4.79 Å². The summed E-state index contributed by atoms with van der Waals surface area (Å²) in [7, 11) is 0. The Morgan fingerprint density at radius 3 is 3.11 bits per heavy atom. The van der Waals surface area contributed by atoms with Gasteiger partial charge in [0.2, 0.25) is 5.91 Å². The summed E-state index contributed by atoms with van der Waals surface area (Å²) in [5.41, 5.74) is 4.58. The lowest BCUT2D eigenvalue weighted by Gasteiger charge is -1.97. The van der Waals surface area contributed by atoms with Gasteiger partial charge in [-0.1, -0.05) is 31.5 Å². The first-order chi connectivity index (χ1) is 8.81. The van der Waals surface area contributed by atoms with Gasteiger partial charge in [-0.25, -0.2) is 5.43 Å². The highest BCUT2D eigenvalue weighted by Crippen LogP contribution is 2.15.